The smallest absolute Gasteiger partial charge is 0.236 e. The van der Waals surface area contributed by atoms with E-state index in [4.69, 9.17) is 14.2 Å². The minimum absolute atomic E-state index is 0.133. The van der Waals surface area contributed by atoms with Crippen LogP contribution in [0.5, 0.6) is 11.5 Å². The first-order chi connectivity index (χ1) is 12.1. The minimum Gasteiger partial charge on any atom is -0.454 e. The number of aliphatic hydroxyl groups is 1. The Morgan fingerprint density at radius 3 is 2.88 bits per heavy atom. The molecular weight excluding hydrogens is 324 g/mol. The van der Waals surface area contributed by atoms with E-state index in [0.29, 0.717) is 19.7 Å². The molecular formula is C18H26N2O5. The van der Waals surface area contributed by atoms with Crippen molar-refractivity contribution in [2.75, 3.05) is 46.6 Å². The molecule has 1 aromatic carbocycles. The number of ether oxygens (including phenoxy) is 3. The second-order valence-corrected chi connectivity index (χ2v) is 6.64. The van der Waals surface area contributed by atoms with Crippen LogP contribution in [0.15, 0.2) is 18.2 Å². The lowest BCUT2D eigenvalue weighted by atomic mass is 10.2. The summed E-state index contributed by atoms with van der Waals surface area (Å²) in [7, 11) is 1.84. The lowest BCUT2D eigenvalue weighted by molar-refractivity contribution is -0.131. The predicted octanol–water partition coefficient (Wildman–Crippen LogP) is 0.847. The predicted molar refractivity (Wildman–Crippen MR) is 91.5 cm³/mol. The summed E-state index contributed by atoms with van der Waals surface area (Å²) in [5.41, 5.74) is 0.967. The average molecular weight is 350 g/mol. The van der Waals surface area contributed by atoms with Crippen LogP contribution in [-0.4, -0.2) is 73.5 Å². The van der Waals surface area contributed by atoms with Gasteiger partial charge in [-0.25, -0.2) is 0 Å². The van der Waals surface area contributed by atoms with Gasteiger partial charge in [0, 0.05) is 19.6 Å². The van der Waals surface area contributed by atoms with Gasteiger partial charge in [0.25, 0.3) is 0 Å². The van der Waals surface area contributed by atoms with Crippen molar-refractivity contribution in [1.82, 2.24) is 9.80 Å². The summed E-state index contributed by atoms with van der Waals surface area (Å²) in [5, 5.41) is 10.1. The number of carbonyl (C=O) groups excluding carboxylic acids is 1. The zero-order valence-electron chi connectivity index (χ0n) is 14.6. The summed E-state index contributed by atoms with van der Waals surface area (Å²) in [6.07, 6.45) is 1.54. The van der Waals surface area contributed by atoms with Crippen molar-refractivity contribution in [2.45, 2.75) is 25.6 Å². The SMILES string of the molecule is CN(CC(=O)N1CCCC1)CC(O)COCc1ccc2c(c1)OCO2. The first kappa shape index (κ1) is 18.0. The zero-order valence-corrected chi connectivity index (χ0v) is 14.6. The van der Waals surface area contributed by atoms with Gasteiger partial charge in [-0.3, -0.25) is 9.69 Å². The highest BCUT2D eigenvalue weighted by atomic mass is 16.7. The van der Waals surface area contributed by atoms with E-state index in [1.54, 1.807) is 0 Å². The van der Waals surface area contributed by atoms with Gasteiger partial charge in [0.15, 0.2) is 11.5 Å². The standard InChI is InChI=1S/C18H26N2O5/c1-19(10-18(22)20-6-2-3-7-20)9-15(21)12-23-11-14-4-5-16-17(8-14)25-13-24-16/h4-5,8,15,21H,2-3,6-7,9-13H2,1H3. The summed E-state index contributed by atoms with van der Waals surface area (Å²) in [4.78, 5) is 15.8. The topological polar surface area (TPSA) is 71.5 Å². The van der Waals surface area contributed by atoms with Crippen LogP contribution in [-0.2, 0) is 16.1 Å². The Morgan fingerprint density at radius 2 is 2.08 bits per heavy atom. The molecule has 1 amide bonds. The maximum atomic E-state index is 12.1. The third-order valence-corrected chi connectivity index (χ3v) is 4.40. The molecule has 7 heteroatoms. The number of carbonyl (C=O) groups is 1. The second kappa shape index (κ2) is 8.51. The van der Waals surface area contributed by atoms with E-state index in [2.05, 4.69) is 0 Å². The maximum Gasteiger partial charge on any atom is 0.236 e. The van der Waals surface area contributed by atoms with E-state index in [9.17, 15) is 9.90 Å². The van der Waals surface area contributed by atoms with E-state index >= 15 is 0 Å². The van der Waals surface area contributed by atoms with Gasteiger partial charge in [0.05, 0.1) is 25.9 Å². The van der Waals surface area contributed by atoms with Gasteiger partial charge in [-0.05, 0) is 37.6 Å². The molecule has 138 valence electrons. The van der Waals surface area contributed by atoms with Gasteiger partial charge in [0.2, 0.25) is 12.7 Å². The van der Waals surface area contributed by atoms with Gasteiger partial charge in [-0.15, -0.1) is 0 Å². The number of rotatable bonds is 8. The number of fused-ring (bicyclic) bond motifs is 1. The first-order valence-corrected chi connectivity index (χ1v) is 8.72. The third-order valence-electron chi connectivity index (χ3n) is 4.40. The second-order valence-electron chi connectivity index (χ2n) is 6.64. The van der Waals surface area contributed by atoms with E-state index in [-0.39, 0.29) is 19.3 Å². The monoisotopic (exact) mass is 350 g/mol. The first-order valence-electron chi connectivity index (χ1n) is 8.72. The molecule has 0 radical (unpaired) electrons. The molecule has 0 spiro atoms. The molecule has 1 aromatic rings. The number of hydrogen-bond donors (Lipinski definition) is 1. The lowest BCUT2D eigenvalue weighted by Gasteiger charge is -2.23. The van der Waals surface area contributed by atoms with Crippen molar-refractivity contribution in [1.29, 1.82) is 0 Å². The molecule has 0 saturated carbocycles. The van der Waals surface area contributed by atoms with Crippen LogP contribution in [0.2, 0.25) is 0 Å². The van der Waals surface area contributed by atoms with Crippen molar-refractivity contribution < 1.29 is 24.1 Å². The Morgan fingerprint density at radius 1 is 1.32 bits per heavy atom. The van der Waals surface area contributed by atoms with Crippen molar-refractivity contribution in [2.24, 2.45) is 0 Å². The van der Waals surface area contributed by atoms with E-state index in [0.717, 1.165) is 43.0 Å². The van der Waals surface area contributed by atoms with Crippen molar-refractivity contribution in [3.63, 3.8) is 0 Å². The largest absolute Gasteiger partial charge is 0.454 e. The Hall–Kier alpha value is -1.83. The molecule has 0 bridgehead atoms. The molecule has 2 aliphatic rings. The molecule has 1 N–H and O–H groups in total. The van der Waals surface area contributed by atoms with Gasteiger partial charge < -0.3 is 24.2 Å². The van der Waals surface area contributed by atoms with Gasteiger partial charge in [-0.2, -0.15) is 0 Å². The van der Waals surface area contributed by atoms with Gasteiger partial charge >= 0.3 is 0 Å². The number of amides is 1. The van der Waals surface area contributed by atoms with Crippen LogP contribution in [0.4, 0.5) is 0 Å². The summed E-state index contributed by atoms with van der Waals surface area (Å²) in [6.45, 7) is 3.31. The lowest BCUT2D eigenvalue weighted by Crippen LogP contribution is -2.40. The summed E-state index contributed by atoms with van der Waals surface area (Å²) in [5.74, 6) is 1.60. The highest BCUT2D eigenvalue weighted by Crippen LogP contribution is 2.32. The Bertz CT molecular complexity index is 589. The average Bonchev–Trinajstić information content (AvgIpc) is 3.26. The van der Waals surface area contributed by atoms with Crippen molar-refractivity contribution in [3.05, 3.63) is 23.8 Å². The van der Waals surface area contributed by atoms with Crippen LogP contribution in [0.1, 0.15) is 18.4 Å². The molecule has 1 unspecified atom stereocenters. The van der Waals surface area contributed by atoms with E-state index in [1.165, 1.54) is 0 Å². The van der Waals surface area contributed by atoms with Crippen LogP contribution in [0, 0.1) is 0 Å². The fourth-order valence-electron chi connectivity index (χ4n) is 3.12. The van der Waals surface area contributed by atoms with Gasteiger partial charge in [0.1, 0.15) is 0 Å². The van der Waals surface area contributed by atoms with E-state index < -0.39 is 6.10 Å². The summed E-state index contributed by atoms with van der Waals surface area (Å²) < 4.78 is 16.2. The molecule has 3 rings (SSSR count). The van der Waals surface area contributed by atoms with Crippen molar-refractivity contribution >= 4 is 5.91 Å². The number of aliphatic hydroxyl groups excluding tert-OH is 1. The third kappa shape index (κ3) is 5.07. The minimum atomic E-state index is -0.634. The van der Waals surface area contributed by atoms with Crippen LogP contribution in [0.3, 0.4) is 0 Å². The van der Waals surface area contributed by atoms with Crippen LogP contribution in [0.25, 0.3) is 0 Å². The summed E-state index contributed by atoms with van der Waals surface area (Å²) in [6, 6.07) is 5.66. The number of likely N-dealkylation sites (tertiary alicyclic amines) is 1. The van der Waals surface area contributed by atoms with Gasteiger partial charge in [-0.1, -0.05) is 6.07 Å². The maximum absolute atomic E-state index is 12.1. The molecule has 1 saturated heterocycles. The Balaban J connectivity index is 1.34. The molecule has 0 aliphatic carbocycles. The quantitative estimate of drug-likeness (QED) is 0.749. The molecule has 2 aliphatic heterocycles. The molecule has 7 nitrogen and oxygen atoms in total. The van der Waals surface area contributed by atoms with Crippen molar-refractivity contribution in [3.8, 4) is 11.5 Å². The van der Waals surface area contributed by atoms with Crippen LogP contribution < -0.4 is 9.47 Å². The Labute approximate surface area is 148 Å². The molecule has 0 aromatic heterocycles. The number of benzene rings is 1. The fourth-order valence-corrected chi connectivity index (χ4v) is 3.12. The molecule has 2 heterocycles. The Kier molecular flexibility index (Phi) is 6.12. The van der Waals surface area contributed by atoms with E-state index in [1.807, 2.05) is 35.0 Å². The zero-order chi connectivity index (χ0) is 17.6. The number of nitrogens with zero attached hydrogens (tertiary/aromatic N) is 2. The van der Waals surface area contributed by atoms with Crippen LogP contribution >= 0.6 is 0 Å². The fraction of sp³-hybridized carbons (Fsp3) is 0.611. The number of likely N-dealkylation sites (N-methyl/N-ethyl adjacent to an activating group) is 1. The summed E-state index contributed by atoms with van der Waals surface area (Å²) >= 11 is 0. The number of hydrogen-bond acceptors (Lipinski definition) is 6. The highest BCUT2D eigenvalue weighted by molar-refractivity contribution is 5.78. The molecule has 1 atom stereocenters. The molecule has 1 fully saturated rings. The normalized spacial score (nSPS) is 17.3. The molecule has 25 heavy (non-hydrogen) atoms. The highest BCUT2D eigenvalue weighted by Gasteiger charge is 2.20.